The molecule has 3 heterocycles. The standard InChI is InChI=1S/C41H50F3N5O7S/c1-54-39(53)33(13-14-36(45)51)48-38(52)26-7-12-31(34(22-26)56-21-18-50)46-17-3-6-35-30(23-41(42,43)44)29-4-2-5-32(37(29)57-35)47-27-8-10-28(11-9-27)49-24-40(25-49)15-19-55-20-16-40/h2,4-5,7,12,22,27-28,33,46-47,50H,8-11,13-21,23-25H2,1H3,(H2,45,51)(H,48,52). The Morgan fingerprint density at radius 2 is 1.86 bits per heavy atom. The second kappa shape index (κ2) is 18.8. The molecule has 1 spiro atoms. The average molecular weight is 814 g/mol. The second-order valence-electron chi connectivity index (χ2n) is 15.0. The van der Waals surface area contributed by atoms with Crippen LogP contribution in [0.1, 0.15) is 72.2 Å². The molecule has 1 unspecified atom stereocenters. The third-order valence-corrected chi connectivity index (χ3v) is 12.2. The number of aliphatic hydroxyl groups is 1. The molecule has 3 aromatic rings. The van der Waals surface area contributed by atoms with Crippen LogP contribution >= 0.6 is 11.3 Å². The Kier molecular flexibility index (Phi) is 13.9. The third-order valence-electron chi connectivity index (χ3n) is 11.0. The van der Waals surface area contributed by atoms with E-state index in [9.17, 15) is 32.7 Å². The number of nitrogens with two attached hydrogens (primary N) is 1. The number of nitrogens with one attached hydrogen (secondary N) is 3. The summed E-state index contributed by atoms with van der Waals surface area (Å²) in [6.45, 7) is 3.65. The van der Waals surface area contributed by atoms with Gasteiger partial charge in [0.1, 0.15) is 18.4 Å². The summed E-state index contributed by atoms with van der Waals surface area (Å²) in [5.41, 5.74) is 7.13. The number of carbonyl (C=O) groups is 3. The number of aliphatic hydroxyl groups excluding tert-OH is 1. The van der Waals surface area contributed by atoms with Gasteiger partial charge >= 0.3 is 12.1 Å². The molecule has 6 N–H and O–H groups in total. The zero-order valence-electron chi connectivity index (χ0n) is 32.0. The first-order valence-electron chi connectivity index (χ1n) is 19.3. The highest BCUT2D eigenvalue weighted by Crippen LogP contribution is 2.44. The van der Waals surface area contributed by atoms with Crippen molar-refractivity contribution in [3.05, 3.63) is 52.4 Å². The second-order valence-corrected chi connectivity index (χ2v) is 16.1. The van der Waals surface area contributed by atoms with Crippen molar-refractivity contribution in [3.8, 4) is 17.6 Å². The van der Waals surface area contributed by atoms with Crippen LogP contribution in [-0.2, 0) is 25.5 Å². The van der Waals surface area contributed by atoms with Crippen molar-refractivity contribution in [1.82, 2.24) is 10.2 Å². The van der Waals surface area contributed by atoms with E-state index in [0.717, 1.165) is 82.3 Å². The van der Waals surface area contributed by atoms with E-state index in [1.807, 2.05) is 6.07 Å². The number of esters is 1. The predicted octanol–water partition coefficient (Wildman–Crippen LogP) is 5.21. The van der Waals surface area contributed by atoms with E-state index in [-0.39, 0.29) is 55.5 Å². The van der Waals surface area contributed by atoms with Gasteiger partial charge in [-0.05, 0) is 80.2 Å². The van der Waals surface area contributed by atoms with Gasteiger partial charge in [-0.15, -0.1) is 11.3 Å². The lowest BCUT2D eigenvalue weighted by Crippen LogP contribution is -2.62. The highest BCUT2D eigenvalue weighted by atomic mass is 32.1. The summed E-state index contributed by atoms with van der Waals surface area (Å²) in [5, 5.41) is 19.2. The van der Waals surface area contributed by atoms with Gasteiger partial charge in [-0.25, -0.2) is 4.79 Å². The Labute approximate surface area is 334 Å². The zero-order valence-corrected chi connectivity index (χ0v) is 32.8. The largest absolute Gasteiger partial charge is 0.489 e. The van der Waals surface area contributed by atoms with E-state index in [1.165, 1.54) is 23.5 Å². The molecular weight excluding hydrogens is 764 g/mol. The van der Waals surface area contributed by atoms with Gasteiger partial charge in [0.25, 0.3) is 5.91 Å². The maximum atomic E-state index is 13.9. The topological polar surface area (TPSA) is 164 Å². The fourth-order valence-electron chi connectivity index (χ4n) is 8.03. The Morgan fingerprint density at radius 1 is 1.11 bits per heavy atom. The number of carbonyl (C=O) groups excluding carboxylic acids is 3. The molecular formula is C41H50F3N5O7S. The molecule has 57 heavy (non-hydrogen) atoms. The number of anilines is 2. The van der Waals surface area contributed by atoms with Gasteiger partial charge in [0.15, 0.2) is 0 Å². The van der Waals surface area contributed by atoms with Gasteiger partial charge in [-0.1, -0.05) is 24.0 Å². The number of likely N-dealkylation sites (tertiary alicyclic amines) is 1. The summed E-state index contributed by atoms with van der Waals surface area (Å²) in [4.78, 5) is 39.5. The van der Waals surface area contributed by atoms with Crippen molar-refractivity contribution < 1.29 is 46.9 Å². The Hall–Kier alpha value is -4.56. The molecule has 1 saturated carbocycles. The van der Waals surface area contributed by atoms with E-state index in [4.69, 9.17) is 19.9 Å². The molecule has 1 aromatic heterocycles. The predicted molar refractivity (Wildman–Crippen MR) is 211 cm³/mol. The SMILES string of the molecule is COC(=O)C(CCC(N)=O)NC(=O)c1ccc(NCC#Cc2sc3c(NC4CCC(N5CC6(CCOCC6)C5)CC4)cccc3c2CC(F)(F)F)c(OCCO)c1. The minimum Gasteiger partial charge on any atom is -0.489 e. The number of rotatable bonds is 15. The molecule has 0 bridgehead atoms. The highest BCUT2D eigenvalue weighted by Gasteiger charge is 2.46. The quantitative estimate of drug-likeness (QED) is 0.102. The fraction of sp³-hybridized carbons (Fsp3) is 0.537. The summed E-state index contributed by atoms with van der Waals surface area (Å²) in [7, 11) is 1.16. The Balaban J connectivity index is 1.12. The van der Waals surface area contributed by atoms with Gasteiger partial charge in [0.05, 0.1) is 47.6 Å². The molecule has 1 aliphatic carbocycles. The van der Waals surface area contributed by atoms with Crippen molar-refractivity contribution in [3.63, 3.8) is 0 Å². The van der Waals surface area contributed by atoms with E-state index < -0.39 is 36.4 Å². The lowest BCUT2D eigenvalue weighted by Gasteiger charge is -2.56. The van der Waals surface area contributed by atoms with Crippen LogP contribution < -0.4 is 26.4 Å². The smallest absolute Gasteiger partial charge is 0.393 e. The molecule has 308 valence electrons. The van der Waals surface area contributed by atoms with Crippen LogP contribution in [0, 0.1) is 17.3 Å². The number of hydrogen-bond acceptors (Lipinski definition) is 11. The lowest BCUT2D eigenvalue weighted by atomic mass is 9.71. The number of methoxy groups -OCH3 is 1. The molecule has 2 saturated heterocycles. The van der Waals surface area contributed by atoms with Crippen LogP contribution in [0.4, 0.5) is 24.5 Å². The first-order chi connectivity index (χ1) is 27.4. The fourth-order valence-corrected chi connectivity index (χ4v) is 9.20. The number of thiophene rings is 1. The Morgan fingerprint density at radius 3 is 2.54 bits per heavy atom. The van der Waals surface area contributed by atoms with Crippen LogP contribution in [0.5, 0.6) is 5.75 Å². The molecule has 2 aliphatic heterocycles. The lowest BCUT2D eigenvalue weighted by molar-refractivity contribution is -0.143. The maximum absolute atomic E-state index is 13.9. The first-order valence-corrected chi connectivity index (χ1v) is 20.2. The summed E-state index contributed by atoms with van der Waals surface area (Å²) in [6, 6.07) is 9.56. The minimum absolute atomic E-state index is 0.0263. The van der Waals surface area contributed by atoms with E-state index >= 15 is 0 Å². The van der Waals surface area contributed by atoms with Crippen molar-refractivity contribution in [1.29, 1.82) is 0 Å². The molecule has 12 nitrogen and oxygen atoms in total. The van der Waals surface area contributed by atoms with Gasteiger partial charge in [-0.2, -0.15) is 13.2 Å². The molecule has 1 atom stereocenters. The number of hydrogen-bond donors (Lipinski definition) is 5. The van der Waals surface area contributed by atoms with Crippen LogP contribution in [0.15, 0.2) is 36.4 Å². The summed E-state index contributed by atoms with van der Waals surface area (Å²) in [6.07, 6.45) is 0.708. The number of amides is 2. The van der Waals surface area contributed by atoms with Crippen LogP contribution in [-0.4, -0.2) is 105 Å². The van der Waals surface area contributed by atoms with Crippen molar-refractivity contribution in [2.75, 3.05) is 63.8 Å². The molecule has 3 fully saturated rings. The molecule has 2 amide bonds. The molecule has 6 rings (SSSR count). The van der Waals surface area contributed by atoms with Crippen molar-refractivity contribution >= 4 is 50.6 Å². The number of nitrogens with zero attached hydrogens (tertiary/aromatic N) is 1. The summed E-state index contributed by atoms with van der Waals surface area (Å²) < 4.78 is 58.4. The molecule has 0 radical (unpaired) electrons. The minimum atomic E-state index is -4.43. The normalized spacial score (nSPS) is 19.8. The van der Waals surface area contributed by atoms with Crippen LogP contribution in [0.25, 0.3) is 10.1 Å². The molecule has 16 heteroatoms. The zero-order chi connectivity index (χ0) is 40.6. The average Bonchev–Trinajstić information content (AvgIpc) is 3.52. The van der Waals surface area contributed by atoms with E-state index in [0.29, 0.717) is 27.4 Å². The summed E-state index contributed by atoms with van der Waals surface area (Å²) >= 11 is 1.25. The van der Waals surface area contributed by atoms with Gasteiger partial charge in [-0.3, -0.25) is 14.5 Å². The van der Waals surface area contributed by atoms with Crippen molar-refractivity contribution in [2.24, 2.45) is 11.1 Å². The third kappa shape index (κ3) is 10.9. The van der Waals surface area contributed by atoms with Gasteiger partial charge in [0, 0.05) is 55.8 Å². The van der Waals surface area contributed by atoms with E-state index in [1.54, 1.807) is 18.2 Å². The van der Waals surface area contributed by atoms with Gasteiger partial charge in [0.2, 0.25) is 5.91 Å². The number of alkyl halides is 3. The Bertz CT molecular complexity index is 1960. The van der Waals surface area contributed by atoms with Crippen molar-refractivity contribution in [2.45, 2.75) is 82.1 Å². The summed E-state index contributed by atoms with van der Waals surface area (Å²) in [5.74, 6) is 4.09. The molecule has 3 aliphatic rings. The number of halogens is 3. The van der Waals surface area contributed by atoms with Crippen LogP contribution in [0.2, 0.25) is 0 Å². The number of benzene rings is 2. The maximum Gasteiger partial charge on any atom is 0.393 e. The van der Waals surface area contributed by atoms with Crippen LogP contribution in [0.3, 0.4) is 0 Å². The number of ether oxygens (including phenoxy) is 3. The monoisotopic (exact) mass is 813 g/mol. The molecule has 2 aromatic carbocycles. The van der Waals surface area contributed by atoms with Gasteiger partial charge < -0.3 is 41.0 Å². The van der Waals surface area contributed by atoms with E-state index in [2.05, 4.69) is 32.7 Å². The number of primary amides is 1. The first kappa shape index (κ1) is 42.1. The highest BCUT2D eigenvalue weighted by molar-refractivity contribution is 7.20. The number of fused-ring (bicyclic) bond motifs is 1.